The van der Waals surface area contributed by atoms with Gasteiger partial charge in [0.05, 0.1) is 16.8 Å². The summed E-state index contributed by atoms with van der Waals surface area (Å²) in [6, 6.07) is 6.66. The fourth-order valence-electron chi connectivity index (χ4n) is 2.64. The predicted octanol–water partition coefficient (Wildman–Crippen LogP) is 3.80. The highest BCUT2D eigenvalue weighted by molar-refractivity contribution is 7.99. The lowest BCUT2D eigenvalue weighted by molar-refractivity contribution is -0.367. The van der Waals surface area contributed by atoms with Gasteiger partial charge in [0.1, 0.15) is 5.69 Å². The lowest BCUT2D eigenvalue weighted by Gasteiger charge is -2.20. The van der Waals surface area contributed by atoms with Crippen molar-refractivity contribution in [3.63, 3.8) is 0 Å². The first kappa shape index (κ1) is 23.7. The van der Waals surface area contributed by atoms with Crippen LogP contribution in [0.15, 0.2) is 52.5 Å². The topological polar surface area (TPSA) is 69.3 Å². The van der Waals surface area contributed by atoms with E-state index in [1.807, 2.05) is 19.1 Å². The van der Waals surface area contributed by atoms with E-state index in [2.05, 4.69) is 9.97 Å². The van der Waals surface area contributed by atoms with Crippen molar-refractivity contribution >= 4 is 22.5 Å². The molecule has 0 bridgehead atoms. The average molecular weight is 448 g/mol. The van der Waals surface area contributed by atoms with E-state index < -0.39 is 24.2 Å². The first-order valence-electron chi connectivity index (χ1n) is 8.66. The van der Waals surface area contributed by atoms with Gasteiger partial charge in [0.25, 0.3) is 5.56 Å². The molecule has 2 N–H and O–H groups in total. The zero-order valence-electron chi connectivity index (χ0n) is 16.0. The number of aromatic nitrogens is 3. The minimum atomic E-state index is -5.74. The number of hydrogen-bond acceptors (Lipinski definition) is 4. The minimum Gasteiger partial charge on any atom is -0.400 e. The molecule has 0 fully saturated rings. The molecule has 0 aliphatic heterocycles. The standard InChI is InChI=1S/C18H14F5N3OS.CH4O/c1-2-28-14-4-3-6-24-15(14)13-8-11-5-7-26(16(27)12(11)9-25-13)10-17(19,20)18(21,22)23;1-2/h3-9H,2,10H2,1H3;2H,1H3/p+1. The molecular formula is C19H19F5N3O2S+. The van der Waals surface area contributed by atoms with Crippen molar-refractivity contribution in [1.82, 2.24) is 9.55 Å². The van der Waals surface area contributed by atoms with Crippen molar-refractivity contribution in [3.05, 3.63) is 53.2 Å². The van der Waals surface area contributed by atoms with Crippen LogP contribution in [0.4, 0.5) is 22.0 Å². The lowest BCUT2D eigenvalue weighted by atomic mass is 10.1. The summed E-state index contributed by atoms with van der Waals surface area (Å²) in [5, 5.41) is 7.36. The largest absolute Gasteiger partial charge is 0.455 e. The maximum atomic E-state index is 13.3. The average Bonchev–Trinajstić information content (AvgIpc) is 2.71. The molecule has 3 aromatic heterocycles. The van der Waals surface area contributed by atoms with Crippen LogP contribution in [0.1, 0.15) is 6.92 Å². The number of aliphatic hydroxyl groups excluding tert-OH is 1. The normalized spacial score (nSPS) is 11.9. The van der Waals surface area contributed by atoms with Crippen molar-refractivity contribution < 1.29 is 32.0 Å². The van der Waals surface area contributed by atoms with Crippen LogP contribution in [0.5, 0.6) is 0 Å². The van der Waals surface area contributed by atoms with Crippen LogP contribution < -0.4 is 10.5 Å². The Kier molecular flexibility index (Phi) is 7.54. The second-order valence-corrected chi connectivity index (χ2v) is 7.26. The van der Waals surface area contributed by atoms with E-state index in [1.165, 1.54) is 12.3 Å². The van der Waals surface area contributed by atoms with Gasteiger partial charge >= 0.3 is 12.1 Å². The Morgan fingerprint density at radius 1 is 1.20 bits per heavy atom. The second-order valence-electron chi connectivity index (χ2n) is 5.95. The molecule has 3 heterocycles. The summed E-state index contributed by atoms with van der Waals surface area (Å²) in [7, 11) is 1.00. The maximum absolute atomic E-state index is 13.3. The number of nitrogens with one attached hydrogen (secondary N) is 1. The summed E-state index contributed by atoms with van der Waals surface area (Å²) in [4.78, 5) is 20.6. The van der Waals surface area contributed by atoms with E-state index in [0.29, 0.717) is 15.6 Å². The van der Waals surface area contributed by atoms with Gasteiger partial charge in [0.15, 0.2) is 6.20 Å². The van der Waals surface area contributed by atoms with Crippen LogP contribution in [-0.2, 0) is 6.54 Å². The third kappa shape index (κ3) is 4.96. The van der Waals surface area contributed by atoms with E-state index in [4.69, 9.17) is 5.11 Å². The zero-order valence-corrected chi connectivity index (χ0v) is 16.8. The summed E-state index contributed by atoms with van der Waals surface area (Å²) in [6.07, 6.45) is -1.89. The number of alkyl halides is 5. The molecule has 0 aromatic carbocycles. The Morgan fingerprint density at radius 3 is 2.53 bits per heavy atom. The highest BCUT2D eigenvalue weighted by Gasteiger charge is 2.57. The summed E-state index contributed by atoms with van der Waals surface area (Å²) in [5.74, 6) is -4.18. The highest BCUT2D eigenvalue weighted by Crippen LogP contribution is 2.36. The molecule has 11 heteroatoms. The molecule has 0 saturated heterocycles. The molecular weight excluding hydrogens is 429 g/mol. The van der Waals surface area contributed by atoms with Crippen LogP contribution in [0.25, 0.3) is 22.2 Å². The Labute approximate surface area is 172 Å². The molecule has 0 amide bonds. The summed E-state index contributed by atoms with van der Waals surface area (Å²) in [6.45, 7) is 0.214. The number of aromatic amines is 1. The summed E-state index contributed by atoms with van der Waals surface area (Å²) in [5.41, 5.74) is 0.298. The molecule has 5 nitrogen and oxygen atoms in total. The minimum absolute atomic E-state index is 0.0372. The fraction of sp³-hybridized carbons (Fsp3) is 0.316. The van der Waals surface area contributed by atoms with E-state index in [0.717, 1.165) is 29.6 Å². The van der Waals surface area contributed by atoms with Crippen molar-refractivity contribution in [1.29, 1.82) is 0 Å². The third-order valence-corrected chi connectivity index (χ3v) is 4.96. The van der Waals surface area contributed by atoms with E-state index in [-0.39, 0.29) is 5.39 Å². The quantitative estimate of drug-likeness (QED) is 0.476. The number of aliphatic hydroxyl groups is 1. The van der Waals surface area contributed by atoms with Gasteiger partial charge in [0, 0.05) is 25.6 Å². The molecule has 0 saturated carbocycles. The highest BCUT2D eigenvalue weighted by atomic mass is 32.2. The number of thioether (sulfide) groups is 1. The first-order chi connectivity index (χ1) is 14.1. The van der Waals surface area contributed by atoms with Crippen molar-refractivity contribution in [2.45, 2.75) is 30.5 Å². The number of H-pyrrole nitrogens is 1. The molecule has 0 atom stereocenters. The Hall–Kier alpha value is -2.53. The van der Waals surface area contributed by atoms with E-state index in [1.54, 1.807) is 24.0 Å². The van der Waals surface area contributed by atoms with Crippen LogP contribution >= 0.6 is 11.8 Å². The van der Waals surface area contributed by atoms with E-state index >= 15 is 0 Å². The van der Waals surface area contributed by atoms with Gasteiger partial charge in [-0.1, -0.05) is 6.92 Å². The Morgan fingerprint density at radius 2 is 1.90 bits per heavy atom. The molecule has 3 aromatic rings. The number of rotatable bonds is 5. The van der Waals surface area contributed by atoms with Crippen molar-refractivity contribution in [2.24, 2.45) is 0 Å². The van der Waals surface area contributed by atoms with Crippen molar-refractivity contribution in [3.8, 4) is 11.4 Å². The van der Waals surface area contributed by atoms with Crippen LogP contribution in [0.2, 0.25) is 0 Å². The van der Waals surface area contributed by atoms with Crippen LogP contribution in [0, 0.1) is 0 Å². The van der Waals surface area contributed by atoms with Gasteiger partial charge in [0.2, 0.25) is 5.69 Å². The zero-order chi connectivity index (χ0) is 22.5. The Bertz CT molecular complexity index is 1070. The fourth-order valence-corrected chi connectivity index (χ4v) is 3.44. The second kappa shape index (κ2) is 9.52. The van der Waals surface area contributed by atoms with Crippen LogP contribution in [-0.4, -0.2) is 39.6 Å². The molecule has 30 heavy (non-hydrogen) atoms. The molecule has 0 unspecified atom stereocenters. The molecule has 162 valence electrons. The van der Waals surface area contributed by atoms with Gasteiger partial charge in [-0.25, -0.2) is 9.97 Å². The third-order valence-electron chi connectivity index (χ3n) is 4.02. The lowest BCUT2D eigenvalue weighted by Crippen LogP contribution is -2.42. The van der Waals surface area contributed by atoms with Gasteiger partial charge in [-0.05, 0) is 29.3 Å². The van der Waals surface area contributed by atoms with Crippen LogP contribution in [0.3, 0.4) is 0 Å². The van der Waals surface area contributed by atoms with Crippen molar-refractivity contribution in [2.75, 3.05) is 12.9 Å². The smallest absolute Gasteiger partial charge is 0.400 e. The number of hydrogen-bond donors (Lipinski definition) is 1. The first-order valence-corrected chi connectivity index (χ1v) is 9.65. The molecule has 3 rings (SSSR count). The maximum Gasteiger partial charge on any atom is 0.455 e. The Balaban J connectivity index is 0.00000155. The number of pyridine rings is 3. The molecule has 0 aliphatic carbocycles. The number of halogens is 5. The van der Waals surface area contributed by atoms with E-state index in [9.17, 15) is 26.7 Å². The van der Waals surface area contributed by atoms with Gasteiger partial charge in [-0.3, -0.25) is 4.79 Å². The summed E-state index contributed by atoms with van der Waals surface area (Å²) < 4.78 is 64.2. The molecule has 0 spiro atoms. The van der Waals surface area contributed by atoms with Gasteiger partial charge in [-0.15, -0.1) is 11.8 Å². The monoisotopic (exact) mass is 448 g/mol. The number of nitrogens with zero attached hydrogens (tertiary/aromatic N) is 2. The van der Waals surface area contributed by atoms with Gasteiger partial charge < -0.3 is 9.67 Å². The SMILES string of the molecule is CCSc1ccc[nH+]c1-c1cc2ccn(CC(F)(F)C(F)(F)F)c(=O)c2cn1.CO. The predicted molar refractivity (Wildman–Crippen MR) is 104 cm³/mol. The molecule has 0 aliphatic rings. The number of fused-ring (bicyclic) bond motifs is 1. The summed E-state index contributed by atoms with van der Waals surface area (Å²) >= 11 is 1.59. The van der Waals surface area contributed by atoms with Gasteiger partial charge in [-0.2, -0.15) is 22.0 Å². The molecule has 0 radical (unpaired) electrons.